The number of rotatable bonds is 20. The van der Waals surface area contributed by atoms with Gasteiger partial charge in [0, 0.05) is 6.42 Å². The van der Waals surface area contributed by atoms with Crippen LogP contribution in [0.25, 0.3) is 0 Å². The zero-order valence-corrected chi connectivity index (χ0v) is 20.9. The van der Waals surface area contributed by atoms with Gasteiger partial charge in [0.15, 0.2) is 0 Å². The molecule has 2 nitrogen and oxygen atoms in total. The van der Waals surface area contributed by atoms with Gasteiger partial charge >= 0.3 is 5.97 Å². The Morgan fingerprint density at radius 3 is 1.73 bits per heavy atom. The molecule has 0 aliphatic rings. The first kappa shape index (κ1) is 28.9. The van der Waals surface area contributed by atoms with E-state index in [9.17, 15) is 4.79 Å². The van der Waals surface area contributed by atoms with Crippen molar-refractivity contribution in [3.8, 4) is 0 Å². The van der Waals surface area contributed by atoms with Crippen molar-refractivity contribution in [1.29, 1.82) is 0 Å². The molecule has 0 aromatic rings. The maximum Gasteiger partial charge on any atom is 0.306 e. The molecule has 0 aliphatic heterocycles. The van der Waals surface area contributed by atoms with Crippen LogP contribution in [-0.2, 0) is 9.53 Å². The predicted molar refractivity (Wildman–Crippen MR) is 133 cm³/mol. The van der Waals surface area contributed by atoms with Crippen LogP contribution in [0.5, 0.6) is 0 Å². The normalized spacial score (nSPS) is 12.3. The maximum absolute atomic E-state index is 11.6. The van der Waals surface area contributed by atoms with Crippen molar-refractivity contribution < 1.29 is 9.53 Å². The highest BCUT2D eigenvalue weighted by Crippen LogP contribution is 2.22. The van der Waals surface area contributed by atoms with Crippen molar-refractivity contribution in [1.82, 2.24) is 0 Å². The summed E-state index contributed by atoms with van der Waals surface area (Å²) in [7, 11) is 0. The third kappa shape index (κ3) is 25.0. The molecule has 0 rings (SSSR count). The summed E-state index contributed by atoms with van der Waals surface area (Å²) in [4.78, 5) is 11.6. The van der Waals surface area contributed by atoms with E-state index in [0.29, 0.717) is 18.4 Å². The fraction of sp³-hybridized carbons (Fsp3) is 0.821. The van der Waals surface area contributed by atoms with Crippen LogP contribution in [0.4, 0.5) is 0 Å². The minimum Gasteiger partial charge on any atom is -0.461 e. The lowest BCUT2D eigenvalue weighted by atomic mass is 9.89. The number of carbonyl (C=O) groups is 1. The zero-order chi connectivity index (χ0) is 22.3. The summed E-state index contributed by atoms with van der Waals surface area (Å²) in [6.45, 7) is 9.60. The quantitative estimate of drug-likeness (QED) is 0.111. The van der Waals surface area contributed by atoms with E-state index in [0.717, 1.165) is 25.7 Å². The highest BCUT2D eigenvalue weighted by molar-refractivity contribution is 5.69. The maximum atomic E-state index is 11.6. The number of ether oxygens (including phenoxy) is 1. The molecule has 0 bridgehead atoms. The van der Waals surface area contributed by atoms with Gasteiger partial charge in [0.05, 0.1) is 0 Å². The van der Waals surface area contributed by atoms with Crippen LogP contribution in [0.15, 0.2) is 24.3 Å². The van der Waals surface area contributed by atoms with E-state index in [-0.39, 0.29) is 5.97 Å². The van der Waals surface area contributed by atoms with Gasteiger partial charge in [-0.05, 0) is 50.4 Å². The minimum atomic E-state index is -0.0519. The lowest BCUT2D eigenvalue weighted by Crippen LogP contribution is -2.03. The number of allylic oxidation sites excluding steroid dienone is 3. The van der Waals surface area contributed by atoms with Crippen molar-refractivity contribution in [3.05, 3.63) is 24.3 Å². The number of esters is 1. The van der Waals surface area contributed by atoms with Crippen LogP contribution >= 0.6 is 0 Å². The number of hydrogen-bond donors (Lipinski definition) is 0. The van der Waals surface area contributed by atoms with Gasteiger partial charge in [-0.3, -0.25) is 4.79 Å². The highest BCUT2D eigenvalue weighted by Gasteiger charge is 2.08. The number of hydrogen-bond acceptors (Lipinski definition) is 2. The standard InChI is InChI=1S/C28H52O2/c1-5-6-7-23-26-30-27(29)24-21-19-17-15-13-11-9-8-10-12-14-16-18-20-22-25-28(2,3)4/h7-9,23H,5-6,10-22,24-26H2,1-4H3/b9-8-,23-7-. The predicted octanol–water partition coefficient (Wildman–Crippen LogP) is 9.34. The number of carbonyl (C=O) groups excluding carboxylic acids is 1. The summed E-state index contributed by atoms with van der Waals surface area (Å²) in [5.41, 5.74) is 0.504. The molecule has 0 unspecified atom stereocenters. The Morgan fingerprint density at radius 2 is 1.17 bits per heavy atom. The lowest BCUT2D eigenvalue weighted by Gasteiger charge is -2.17. The molecule has 0 heterocycles. The van der Waals surface area contributed by atoms with Crippen molar-refractivity contribution >= 4 is 5.97 Å². The van der Waals surface area contributed by atoms with Gasteiger partial charge in [-0.25, -0.2) is 0 Å². The molecule has 2 heteroatoms. The first-order valence-corrected chi connectivity index (χ1v) is 12.9. The molecule has 0 amide bonds. The van der Waals surface area contributed by atoms with E-state index < -0.39 is 0 Å². The molecule has 0 radical (unpaired) electrons. The van der Waals surface area contributed by atoms with Crippen molar-refractivity contribution in [2.24, 2.45) is 5.41 Å². The average molecular weight is 421 g/mol. The third-order valence-electron chi connectivity index (χ3n) is 5.43. The molecule has 176 valence electrons. The molecule has 0 saturated heterocycles. The van der Waals surface area contributed by atoms with Gasteiger partial charge in [0.25, 0.3) is 0 Å². The van der Waals surface area contributed by atoms with Crippen LogP contribution in [0.1, 0.15) is 137 Å². The lowest BCUT2D eigenvalue weighted by molar-refractivity contribution is -0.142. The summed E-state index contributed by atoms with van der Waals surface area (Å²) in [6, 6.07) is 0. The van der Waals surface area contributed by atoms with Crippen LogP contribution in [0.2, 0.25) is 0 Å². The second kappa shape index (κ2) is 21.2. The van der Waals surface area contributed by atoms with Gasteiger partial charge < -0.3 is 4.74 Å². The average Bonchev–Trinajstić information content (AvgIpc) is 2.69. The summed E-state index contributed by atoms with van der Waals surface area (Å²) in [5.74, 6) is -0.0519. The zero-order valence-electron chi connectivity index (χ0n) is 20.9. The molecule has 0 aromatic carbocycles. The summed E-state index contributed by atoms with van der Waals surface area (Å²) in [5, 5.41) is 0. The molecule has 0 aromatic heterocycles. The Bertz CT molecular complexity index is 428. The topological polar surface area (TPSA) is 26.3 Å². The molecule has 0 spiro atoms. The van der Waals surface area contributed by atoms with Crippen LogP contribution < -0.4 is 0 Å². The first-order valence-electron chi connectivity index (χ1n) is 12.9. The van der Waals surface area contributed by atoms with E-state index >= 15 is 0 Å². The summed E-state index contributed by atoms with van der Waals surface area (Å²) in [6.07, 6.45) is 29.6. The summed E-state index contributed by atoms with van der Waals surface area (Å²) < 4.78 is 5.19. The Balaban J connectivity index is 3.26. The van der Waals surface area contributed by atoms with Crippen LogP contribution in [0.3, 0.4) is 0 Å². The van der Waals surface area contributed by atoms with Gasteiger partial charge in [-0.2, -0.15) is 0 Å². The minimum absolute atomic E-state index is 0.0519. The van der Waals surface area contributed by atoms with E-state index in [1.165, 1.54) is 77.0 Å². The van der Waals surface area contributed by atoms with Gasteiger partial charge in [0.2, 0.25) is 0 Å². The van der Waals surface area contributed by atoms with E-state index in [1.807, 2.05) is 6.08 Å². The smallest absolute Gasteiger partial charge is 0.306 e. The Morgan fingerprint density at radius 1 is 0.667 bits per heavy atom. The number of unbranched alkanes of at least 4 members (excludes halogenated alkanes) is 12. The van der Waals surface area contributed by atoms with Crippen molar-refractivity contribution in [2.75, 3.05) is 6.61 Å². The largest absolute Gasteiger partial charge is 0.461 e. The fourth-order valence-electron chi connectivity index (χ4n) is 3.49. The molecule has 0 saturated carbocycles. The molecular formula is C28H52O2. The monoisotopic (exact) mass is 420 g/mol. The third-order valence-corrected chi connectivity index (χ3v) is 5.43. The Hall–Kier alpha value is -1.05. The highest BCUT2D eigenvalue weighted by atomic mass is 16.5. The van der Waals surface area contributed by atoms with Crippen LogP contribution in [0, 0.1) is 5.41 Å². The van der Waals surface area contributed by atoms with E-state index in [2.05, 4.69) is 45.9 Å². The first-order chi connectivity index (χ1) is 14.5. The second-order valence-electron chi connectivity index (χ2n) is 9.94. The van der Waals surface area contributed by atoms with E-state index in [4.69, 9.17) is 4.74 Å². The van der Waals surface area contributed by atoms with Crippen molar-refractivity contribution in [3.63, 3.8) is 0 Å². The van der Waals surface area contributed by atoms with Gasteiger partial charge in [0.1, 0.15) is 6.61 Å². The molecule has 0 aliphatic carbocycles. The Labute approximate surface area is 188 Å². The molecule has 0 N–H and O–H groups in total. The van der Waals surface area contributed by atoms with Gasteiger partial charge in [-0.1, -0.05) is 110 Å². The second-order valence-corrected chi connectivity index (χ2v) is 9.94. The molecular weight excluding hydrogens is 368 g/mol. The van der Waals surface area contributed by atoms with Gasteiger partial charge in [-0.15, -0.1) is 0 Å². The summed E-state index contributed by atoms with van der Waals surface area (Å²) >= 11 is 0. The van der Waals surface area contributed by atoms with Crippen molar-refractivity contribution in [2.45, 2.75) is 137 Å². The fourth-order valence-corrected chi connectivity index (χ4v) is 3.49. The molecule has 0 fully saturated rings. The SMILES string of the molecule is CCC/C=C\COC(=O)CCCCCCC/C=C\CCCCCCCCC(C)(C)C. The molecule has 0 atom stereocenters. The van der Waals surface area contributed by atoms with Crippen LogP contribution in [-0.4, -0.2) is 12.6 Å². The van der Waals surface area contributed by atoms with E-state index in [1.54, 1.807) is 0 Å². The molecule has 30 heavy (non-hydrogen) atoms. The Kier molecular flexibility index (Phi) is 20.5.